The Morgan fingerprint density at radius 2 is 2.00 bits per heavy atom. The summed E-state index contributed by atoms with van der Waals surface area (Å²) in [5.74, 6) is -2.44. The van der Waals surface area contributed by atoms with Crippen molar-refractivity contribution in [3.63, 3.8) is 0 Å². The fourth-order valence-electron chi connectivity index (χ4n) is 2.38. The molecule has 0 spiro atoms. The van der Waals surface area contributed by atoms with E-state index in [-0.39, 0.29) is 22.6 Å². The maximum Gasteiger partial charge on any atom is 0.340 e. The van der Waals surface area contributed by atoms with Crippen LogP contribution in [-0.4, -0.2) is 20.6 Å². The van der Waals surface area contributed by atoms with Crippen molar-refractivity contribution in [1.82, 2.24) is 9.55 Å². The smallest absolute Gasteiger partial charge is 0.340 e. The number of nitrogens with zero attached hydrogens (tertiary/aromatic N) is 2. The van der Waals surface area contributed by atoms with Crippen molar-refractivity contribution < 1.29 is 15.0 Å². The van der Waals surface area contributed by atoms with Gasteiger partial charge in [-0.25, -0.2) is 9.78 Å². The lowest BCUT2D eigenvalue weighted by Gasteiger charge is -2.18. The van der Waals surface area contributed by atoms with Crippen molar-refractivity contribution in [2.45, 2.75) is 6.54 Å². The van der Waals surface area contributed by atoms with Crippen molar-refractivity contribution in [3.8, 4) is 5.75 Å². The molecule has 0 aliphatic carbocycles. The number of rotatable bonds is 3. The highest BCUT2D eigenvalue weighted by molar-refractivity contribution is 6.31. The van der Waals surface area contributed by atoms with Crippen molar-refractivity contribution in [2.24, 2.45) is 0 Å². The fraction of sp³-hybridized carbons (Fsp3) is 0.0625. The van der Waals surface area contributed by atoms with Crippen LogP contribution in [0.3, 0.4) is 0 Å². The van der Waals surface area contributed by atoms with Crippen molar-refractivity contribution >= 4 is 28.6 Å². The predicted octanol–water partition coefficient (Wildman–Crippen LogP) is 1.87. The number of carboxylic acid groups (broad SMARTS) is 1. The number of hydrogen-bond acceptors (Lipinski definition) is 4. The molecule has 7 heteroatoms. The van der Waals surface area contributed by atoms with Crippen molar-refractivity contribution in [1.29, 1.82) is 0 Å². The fourth-order valence-corrected chi connectivity index (χ4v) is 2.54. The second-order valence-electron chi connectivity index (χ2n) is 4.91. The van der Waals surface area contributed by atoms with Crippen LogP contribution in [-0.2, 0) is 6.54 Å². The Labute approximate surface area is 135 Å². The molecule has 1 aromatic carbocycles. The number of benzene rings is 1. The van der Waals surface area contributed by atoms with Crippen LogP contribution in [0.1, 0.15) is 15.9 Å². The van der Waals surface area contributed by atoms with Crippen LogP contribution in [0.2, 0.25) is 5.02 Å². The van der Waals surface area contributed by atoms with E-state index in [1.54, 1.807) is 24.3 Å². The molecule has 3 aromatic rings. The van der Waals surface area contributed by atoms with Gasteiger partial charge < -0.3 is 10.2 Å². The van der Waals surface area contributed by atoms with Crippen LogP contribution in [0.25, 0.3) is 11.0 Å². The van der Waals surface area contributed by atoms with Gasteiger partial charge >= 0.3 is 5.97 Å². The zero-order chi connectivity index (χ0) is 16.6. The lowest BCUT2D eigenvalue weighted by atomic mass is 10.1. The molecule has 0 aliphatic heterocycles. The van der Waals surface area contributed by atoms with E-state index in [9.17, 15) is 19.8 Å². The summed E-state index contributed by atoms with van der Waals surface area (Å²) in [6, 6.07) is 10.3. The topological polar surface area (TPSA) is 95.2 Å². The standard InChI is InChI=1S/C16H11ClN2O4/c17-10-6-11-13(20)12(16(22)23)15(21)19(14(11)18-7-10)8-9-4-2-1-3-5-9/h1-7,20H,8H2,(H,22,23)/p-1. The monoisotopic (exact) mass is 329 g/mol. The largest absolute Gasteiger partial charge is 0.871 e. The van der Waals surface area contributed by atoms with Crippen LogP contribution < -0.4 is 10.7 Å². The first-order valence-corrected chi connectivity index (χ1v) is 7.03. The molecule has 0 saturated heterocycles. The second-order valence-corrected chi connectivity index (χ2v) is 5.35. The molecule has 0 amide bonds. The lowest BCUT2D eigenvalue weighted by molar-refractivity contribution is -0.266. The van der Waals surface area contributed by atoms with E-state index in [2.05, 4.69) is 4.98 Å². The lowest BCUT2D eigenvalue weighted by Crippen LogP contribution is -2.29. The van der Waals surface area contributed by atoms with Gasteiger partial charge in [-0.3, -0.25) is 9.36 Å². The minimum atomic E-state index is -1.57. The molecule has 0 saturated carbocycles. The summed E-state index contributed by atoms with van der Waals surface area (Å²) in [5, 5.41) is 21.6. The van der Waals surface area contributed by atoms with Crippen LogP contribution >= 0.6 is 11.6 Å². The number of hydrogen-bond donors (Lipinski definition) is 1. The molecule has 1 N–H and O–H groups in total. The van der Waals surface area contributed by atoms with E-state index < -0.39 is 22.8 Å². The van der Waals surface area contributed by atoms with Gasteiger partial charge in [-0.15, -0.1) is 0 Å². The second kappa shape index (κ2) is 5.73. The number of aromatic nitrogens is 2. The molecular weight excluding hydrogens is 320 g/mol. The summed E-state index contributed by atoms with van der Waals surface area (Å²) >= 11 is 5.84. The Kier molecular flexibility index (Phi) is 3.75. The first kappa shape index (κ1) is 15.1. The molecule has 6 nitrogen and oxygen atoms in total. The summed E-state index contributed by atoms with van der Waals surface area (Å²) in [6.07, 6.45) is 1.31. The summed E-state index contributed by atoms with van der Waals surface area (Å²) in [4.78, 5) is 27.8. The molecule has 0 fully saturated rings. The van der Waals surface area contributed by atoms with E-state index in [0.717, 1.165) is 5.56 Å². The summed E-state index contributed by atoms with van der Waals surface area (Å²) in [5.41, 5.74) is -0.799. The number of fused-ring (bicyclic) bond motifs is 1. The number of carboxylic acids is 1. The Hall–Kier alpha value is -2.86. The Bertz CT molecular complexity index is 967. The SMILES string of the molecule is O=C(O)c1c([O-])c2cc(Cl)cnc2n(Cc2ccccc2)c1=O. The number of aromatic carboxylic acids is 1. The maximum absolute atomic E-state index is 12.4. The molecule has 2 heterocycles. The third-order valence-corrected chi connectivity index (χ3v) is 3.62. The highest BCUT2D eigenvalue weighted by Gasteiger charge is 2.18. The molecule has 3 rings (SSSR count). The third kappa shape index (κ3) is 2.64. The van der Waals surface area contributed by atoms with Crippen LogP contribution in [0, 0.1) is 0 Å². The van der Waals surface area contributed by atoms with Gasteiger partial charge in [-0.05, 0) is 11.6 Å². The van der Waals surface area contributed by atoms with Crippen LogP contribution in [0.15, 0.2) is 47.4 Å². The quantitative estimate of drug-likeness (QED) is 0.791. The minimum Gasteiger partial charge on any atom is -0.871 e. The van der Waals surface area contributed by atoms with Gasteiger partial charge in [-0.1, -0.05) is 47.7 Å². The van der Waals surface area contributed by atoms with Crippen molar-refractivity contribution in [3.05, 3.63) is 69.1 Å². The average molecular weight is 330 g/mol. The molecule has 0 unspecified atom stereocenters. The van der Waals surface area contributed by atoms with E-state index in [1.165, 1.54) is 16.8 Å². The predicted molar refractivity (Wildman–Crippen MR) is 83.0 cm³/mol. The van der Waals surface area contributed by atoms with Crippen molar-refractivity contribution in [2.75, 3.05) is 0 Å². The summed E-state index contributed by atoms with van der Waals surface area (Å²) in [7, 11) is 0. The molecule has 23 heavy (non-hydrogen) atoms. The first-order chi connectivity index (χ1) is 11.0. The molecule has 0 bridgehead atoms. The van der Waals surface area contributed by atoms with Gasteiger partial charge in [0.05, 0.1) is 11.6 Å². The van der Waals surface area contributed by atoms with Crippen LogP contribution in [0.4, 0.5) is 0 Å². The number of carbonyl (C=O) groups is 1. The Morgan fingerprint density at radius 3 is 2.65 bits per heavy atom. The van der Waals surface area contributed by atoms with E-state index >= 15 is 0 Å². The van der Waals surface area contributed by atoms with E-state index in [0.29, 0.717) is 0 Å². The van der Waals surface area contributed by atoms with Gasteiger partial charge in [-0.2, -0.15) is 0 Å². The van der Waals surface area contributed by atoms with Gasteiger partial charge in [0.15, 0.2) is 0 Å². The average Bonchev–Trinajstić information content (AvgIpc) is 2.52. The van der Waals surface area contributed by atoms with Crippen LogP contribution in [0.5, 0.6) is 5.75 Å². The van der Waals surface area contributed by atoms with Gasteiger partial charge in [0, 0.05) is 11.6 Å². The summed E-state index contributed by atoms with van der Waals surface area (Å²) in [6.45, 7) is 0.103. The third-order valence-electron chi connectivity index (χ3n) is 3.42. The minimum absolute atomic E-state index is 0.00503. The zero-order valence-corrected chi connectivity index (χ0v) is 12.4. The Morgan fingerprint density at radius 1 is 1.30 bits per heavy atom. The number of pyridine rings is 2. The molecular formula is C16H10ClN2O4-. The van der Waals surface area contributed by atoms with Gasteiger partial charge in [0.1, 0.15) is 11.2 Å². The maximum atomic E-state index is 12.4. The highest BCUT2D eigenvalue weighted by Crippen LogP contribution is 2.25. The van der Waals surface area contributed by atoms with E-state index in [1.807, 2.05) is 6.07 Å². The zero-order valence-electron chi connectivity index (χ0n) is 11.7. The summed E-state index contributed by atoms with van der Waals surface area (Å²) < 4.78 is 1.17. The normalized spacial score (nSPS) is 10.8. The van der Waals surface area contributed by atoms with Gasteiger partial charge in [0.2, 0.25) is 0 Å². The molecule has 2 aromatic heterocycles. The van der Waals surface area contributed by atoms with E-state index in [4.69, 9.17) is 11.6 Å². The first-order valence-electron chi connectivity index (χ1n) is 6.65. The number of halogens is 1. The molecule has 0 atom stereocenters. The molecule has 116 valence electrons. The molecule has 0 radical (unpaired) electrons. The molecule has 0 aliphatic rings. The van der Waals surface area contributed by atoms with Gasteiger partial charge in [0.25, 0.3) is 5.56 Å². The Balaban J connectivity index is 2.35. The highest BCUT2D eigenvalue weighted by atomic mass is 35.5.